The van der Waals surface area contributed by atoms with E-state index in [0.717, 1.165) is 4.47 Å². The van der Waals surface area contributed by atoms with Crippen molar-refractivity contribution in [1.29, 1.82) is 0 Å². The van der Waals surface area contributed by atoms with Gasteiger partial charge in [-0.1, -0.05) is 22.0 Å². The van der Waals surface area contributed by atoms with Gasteiger partial charge in [-0.05, 0) is 42.3 Å². The maximum absolute atomic E-state index is 12.3. The molecular formula is C20H20BrF3N2O4. The van der Waals surface area contributed by atoms with Crippen LogP contribution < -0.4 is 20.1 Å². The summed E-state index contributed by atoms with van der Waals surface area (Å²) in [6.07, 6.45) is -4.02. The molecule has 0 bridgehead atoms. The number of carbonyl (C=O) groups excluding carboxylic acids is 2. The van der Waals surface area contributed by atoms with E-state index in [9.17, 15) is 22.8 Å². The third-order valence-electron chi connectivity index (χ3n) is 3.83. The van der Waals surface area contributed by atoms with E-state index < -0.39 is 12.8 Å². The van der Waals surface area contributed by atoms with Gasteiger partial charge in [-0.15, -0.1) is 0 Å². The van der Waals surface area contributed by atoms with Gasteiger partial charge in [0, 0.05) is 17.8 Å². The lowest BCUT2D eigenvalue weighted by Crippen LogP contribution is -2.19. The highest BCUT2D eigenvalue weighted by atomic mass is 79.9. The third kappa shape index (κ3) is 7.58. The minimum absolute atomic E-state index is 0.0305. The maximum atomic E-state index is 12.3. The molecule has 2 aromatic rings. The highest BCUT2D eigenvalue weighted by Gasteiger charge is 2.29. The Labute approximate surface area is 179 Å². The number of benzene rings is 2. The zero-order valence-electron chi connectivity index (χ0n) is 16.2. The fraction of sp³-hybridized carbons (Fsp3) is 0.300. The van der Waals surface area contributed by atoms with Crippen LogP contribution >= 0.6 is 15.9 Å². The Hall–Kier alpha value is -2.75. The SMILES string of the molecule is COc1cc(CCC(=O)Nc2cc(Br)ccc2NC(C)=O)ccc1OCC(F)(F)F. The predicted molar refractivity (Wildman–Crippen MR) is 110 cm³/mol. The van der Waals surface area contributed by atoms with E-state index in [-0.39, 0.29) is 29.7 Å². The second-order valence-electron chi connectivity index (χ2n) is 6.31. The van der Waals surface area contributed by atoms with E-state index in [0.29, 0.717) is 23.4 Å². The molecule has 162 valence electrons. The lowest BCUT2D eigenvalue weighted by atomic mass is 10.1. The molecule has 2 amide bonds. The molecule has 0 aliphatic heterocycles. The van der Waals surface area contributed by atoms with Gasteiger partial charge < -0.3 is 20.1 Å². The fourth-order valence-electron chi connectivity index (χ4n) is 2.54. The summed E-state index contributed by atoms with van der Waals surface area (Å²) in [5.74, 6) is -0.446. The standard InChI is InChI=1S/C20H20BrF3N2O4/c1-12(27)25-15-6-5-14(21)10-16(15)26-19(28)8-4-13-3-7-17(18(9-13)29-2)30-11-20(22,23)24/h3,5-7,9-10H,4,8,11H2,1-2H3,(H,25,27)(H,26,28). The van der Waals surface area contributed by atoms with Gasteiger partial charge in [-0.2, -0.15) is 13.2 Å². The van der Waals surface area contributed by atoms with E-state index >= 15 is 0 Å². The quantitative estimate of drug-likeness (QED) is 0.552. The van der Waals surface area contributed by atoms with Crippen molar-refractivity contribution in [2.24, 2.45) is 0 Å². The van der Waals surface area contributed by atoms with Crippen molar-refractivity contribution < 1.29 is 32.2 Å². The molecule has 30 heavy (non-hydrogen) atoms. The Morgan fingerprint density at radius 2 is 1.77 bits per heavy atom. The molecular weight excluding hydrogens is 469 g/mol. The van der Waals surface area contributed by atoms with Gasteiger partial charge in [0.05, 0.1) is 18.5 Å². The highest BCUT2D eigenvalue weighted by Crippen LogP contribution is 2.30. The number of nitrogens with one attached hydrogen (secondary N) is 2. The van der Waals surface area contributed by atoms with Crippen LogP contribution in [0.15, 0.2) is 40.9 Å². The molecule has 10 heteroatoms. The third-order valence-corrected chi connectivity index (χ3v) is 4.32. The summed E-state index contributed by atoms with van der Waals surface area (Å²) in [6, 6.07) is 9.53. The van der Waals surface area contributed by atoms with Gasteiger partial charge >= 0.3 is 6.18 Å². The van der Waals surface area contributed by atoms with Gasteiger partial charge in [0.25, 0.3) is 0 Å². The Balaban J connectivity index is 2.01. The smallest absolute Gasteiger partial charge is 0.422 e. The lowest BCUT2D eigenvalue weighted by molar-refractivity contribution is -0.153. The minimum Gasteiger partial charge on any atom is -0.493 e. The van der Waals surface area contributed by atoms with Crippen LogP contribution in [0, 0.1) is 0 Å². The normalized spacial score (nSPS) is 11.0. The molecule has 0 spiro atoms. The molecule has 0 aliphatic rings. The Kier molecular flexibility index (Phi) is 8.10. The molecule has 0 radical (unpaired) electrons. The van der Waals surface area contributed by atoms with Crippen molar-refractivity contribution in [2.45, 2.75) is 25.9 Å². The number of carbonyl (C=O) groups is 2. The number of methoxy groups -OCH3 is 1. The number of ether oxygens (including phenoxy) is 2. The van der Waals surface area contributed by atoms with Crippen LogP contribution in [0.5, 0.6) is 11.5 Å². The van der Waals surface area contributed by atoms with E-state index in [2.05, 4.69) is 26.6 Å². The summed E-state index contributed by atoms with van der Waals surface area (Å²) in [5.41, 5.74) is 1.60. The van der Waals surface area contributed by atoms with Crippen LogP contribution in [-0.2, 0) is 16.0 Å². The van der Waals surface area contributed by atoms with Crippen molar-refractivity contribution in [3.63, 3.8) is 0 Å². The second kappa shape index (κ2) is 10.3. The zero-order valence-corrected chi connectivity index (χ0v) is 17.8. The van der Waals surface area contributed by atoms with Gasteiger partial charge in [0.15, 0.2) is 18.1 Å². The van der Waals surface area contributed by atoms with Crippen LogP contribution in [0.25, 0.3) is 0 Å². The van der Waals surface area contributed by atoms with Gasteiger partial charge in [0.1, 0.15) is 0 Å². The highest BCUT2D eigenvalue weighted by molar-refractivity contribution is 9.10. The van der Waals surface area contributed by atoms with Crippen LogP contribution in [0.3, 0.4) is 0 Å². The average molecular weight is 489 g/mol. The first-order chi connectivity index (χ1) is 14.1. The number of aryl methyl sites for hydroxylation is 1. The number of amides is 2. The monoisotopic (exact) mass is 488 g/mol. The maximum Gasteiger partial charge on any atom is 0.422 e. The van der Waals surface area contributed by atoms with Crippen molar-refractivity contribution in [3.05, 3.63) is 46.4 Å². The summed E-state index contributed by atoms with van der Waals surface area (Å²) in [4.78, 5) is 23.7. The molecule has 0 atom stereocenters. The number of rotatable bonds is 8. The predicted octanol–water partition coefficient (Wildman–Crippen LogP) is 4.93. The Morgan fingerprint density at radius 3 is 2.40 bits per heavy atom. The fourth-order valence-corrected chi connectivity index (χ4v) is 2.90. The van der Waals surface area contributed by atoms with Crippen molar-refractivity contribution in [2.75, 3.05) is 24.4 Å². The van der Waals surface area contributed by atoms with E-state index in [1.54, 1.807) is 24.3 Å². The first kappa shape index (κ1) is 23.5. The molecule has 0 saturated heterocycles. The van der Waals surface area contributed by atoms with Gasteiger partial charge in [-0.3, -0.25) is 9.59 Å². The van der Waals surface area contributed by atoms with E-state index in [1.165, 1.54) is 26.2 Å². The van der Waals surface area contributed by atoms with Crippen LogP contribution in [0.2, 0.25) is 0 Å². The molecule has 2 N–H and O–H groups in total. The summed E-state index contributed by atoms with van der Waals surface area (Å²) in [7, 11) is 1.32. The first-order valence-corrected chi connectivity index (χ1v) is 9.60. The summed E-state index contributed by atoms with van der Waals surface area (Å²) >= 11 is 3.32. The number of halogens is 4. The minimum atomic E-state index is -4.45. The number of anilines is 2. The largest absolute Gasteiger partial charge is 0.493 e. The molecule has 0 aromatic heterocycles. The Morgan fingerprint density at radius 1 is 1.03 bits per heavy atom. The zero-order chi connectivity index (χ0) is 22.3. The molecule has 2 aromatic carbocycles. The van der Waals surface area contributed by atoms with Crippen LogP contribution in [0.4, 0.5) is 24.5 Å². The molecule has 0 unspecified atom stereocenters. The van der Waals surface area contributed by atoms with Crippen molar-refractivity contribution in [3.8, 4) is 11.5 Å². The summed E-state index contributed by atoms with van der Waals surface area (Å²) in [6.45, 7) is -0.0580. The molecule has 0 heterocycles. The van der Waals surface area contributed by atoms with Crippen molar-refractivity contribution >= 4 is 39.1 Å². The van der Waals surface area contributed by atoms with Gasteiger partial charge in [-0.25, -0.2) is 0 Å². The lowest BCUT2D eigenvalue weighted by Gasteiger charge is -2.14. The molecule has 2 rings (SSSR count). The number of hydrogen-bond acceptors (Lipinski definition) is 4. The van der Waals surface area contributed by atoms with Gasteiger partial charge in [0.2, 0.25) is 11.8 Å². The second-order valence-corrected chi connectivity index (χ2v) is 7.22. The first-order valence-electron chi connectivity index (χ1n) is 8.81. The van der Waals surface area contributed by atoms with E-state index in [4.69, 9.17) is 9.47 Å². The molecule has 0 aliphatic carbocycles. The molecule has 0 fully saturated rings. The molecule has 6 nitrogen and oxygen atoms in total. The number of alkyl halides is 3. The average Bonchev–Trinajstić information content (AvgIpc) is 2.66. The van der Waals surface area contributed by atoms with Crippen LogP contribution in [-0.4, -0.2) is 31.7 Å². The number of hydrogen-bond donors (Lipinski definition) is 2. The molecule has 0 saturated carbocycles. The summed E-state index contributed by atoms with van der Waals surface area (Å²) in [5, 5.41) is 5.38. The topological polar surface area (TPSA) is 76.7 Å². The van der Waals surface area contributed by atoms with Crippen LogP contribution in [0.1, 0.15) is 18.9 Å². The van der Waals surface area contributed by atoms with Crippen molar-refractivity contribution in [1.82, 2.24) is 0 Å². The Bertz CT molecular complexity index is 919. The summed E-state index contributed by atoms with van der Waals surface area (Å²) < 4.78 is 47.5. The van der Waals surface area contributed by atoms with E-state index in [1.807, 2.05) is 0 Å².